The average Bonchev–Trinajstić information content (AvgIpc) is 2.65. The Labute approximate surface area is 148 Å². The summed E-state index contributed by atoms with van der Waals surface area (Å²) in [5.74, 6) is 2.40. The van der Waals surface area contributed by atoms with Crippen LogP contribution < -0.4 is 14.2 Å². The number of amides is 1. The summed E-state index contributed by atoms with van der Waals surface area (Å²) in [6.45, 7) is 1.48. The smallest absolute Gasteiger partial charge is 0.222 e. The quantitative estimate of drug-likeness (QED) is 0.726. The number of hydrogen-bond donors (Lipinski definition) is 0. The van der Waals surface area contributed by atoms with Crippen LogP contribution in [0.2, 0.25) is 0 Å². The topological polar surface area (TPSA) is 48.0 Å². The standard InChI is InChI=1S/C20H23NO4/c1-21(14-17-15-24-18-10-5-6-11-19(18)25-17)20(22)12-7-13-23-16-8-3-2-4-9-16/h2-6,8-11,17H,7,12-15H2,1H3. The Morgan fingerprint density at radius 3 is 2.64 bits per heavy atom. The van der Waals surface area contributed by atoms with Crippen LogP contribution in [-0.2, 0) is 4.79 Å². The van der Waals surface area contributed by atoms with Gasteiger partial charge in [-0.05, 0) is 30.7 Å². The largest absolute Gasteiger partial charge is 0.494 e. The number of likely N-dealkylation sites (N-methyl/N-ethyl adjacent to an activating group) is 1. The molecule has 2 aromatic carbocycles. The van der Waals surface area contributed by atoms with E-state index in [2.05, 4.69) is 0 Å². The van der Waals surface area contributed by atoms with E-state index in [-0.39, 0.29) is 12.0 Å². The van der Waals surface area contributed by atoms with Crippen molar-refractivity contribution in [3.63, 3.8) is 0 Å². The van der Waals surface area contributed by atoms with Crippen LogP contribution in [0.25, 0.3) is 0 Å². The molecule has 0 aliphatic carbocycles. The Morgan fingerprint density at radius 2 is 1.84 bits per heavy atom. The number of para-hydroxylation sites is 3. The Morgan fingerprint density at radius 1 is 1.12 bits per heavy atom. The maximum absolute atomic E-state index is 12.2. The molecule has 25 heavy (non-hydrogen) atoms. The number of hydrogen-bond acceptors (Lipinski definition) is 4. The third kappa shape index (κ3) is 4.89. The highest BCUT2D eigenvalue weighted by atomic mass is 16.6. The summed E-state index contributed by atoms with van der Waals surface area (Å²) in [5, 5.41) is 0. The third-order valence-electron chi connectivity index (χ3n) is 4.02. The second kappa shape index (κ2) is 8.42. The van der Waals surface area contributed by atoms with Crippen molar-refractivity contribution in [2.75, 3.05) is 26.8 Å². The molecule has 3 rings (SSSR count). The van der Waals surface area contributed by atoms with Gasteiger partial charge in [0.15, 0.2) is 17.6 Å². The molecule has 0 bridgehead atoms. The molecule has 0 saturated carbocycles. The van der Waals surface area contributed by atoms with Crippen LogP contribution in [0.4, 0.5) is 0 Å². The van der Waals surface area contributed by atoms with Crippen LogP contribution in [0, 0.1) is 0 Å². The fourth-order valence-corrected chi connectivity index (χ4v) is 2.68. The highest BCUT2D eigenvalue weighted by Gasteiger charge is 2.23. The number of fused-ring (bicyclic) bond motifs is 1. The lowest BCUT2D eigenvalue weighted by atomic mass is 10.2. The predicted molar refractivity (Wildman–Crippen MR) is 95.2 cm³/mol. The molecule has 1 amide bonds. The second-order valence-corrected chi connectivity index (χ2v) is 6.04. The second-order valence-electron chi connectivity index (χ2n) is 6.04. The van der Waals surface area contributed by atoms with Crippen molar-refractivity contribution in [2.24, 2.45) is 0 Å². The van der Waals surface area contributed by atoms with E-state index in [1.54, 1.807) is 11.9 Å². The van der Waals surface area contributed by atoms with Crippen LogP contribution in [-0.4, -0.2) is 43.7 Å². The molecule has 132 valence electrons. The zero-order valence-corrected chi connectivity index (χ0v) is 14.4. The lowest BCUT2D eigenvalue weighted by Gasteiger charge is -2.29. The highest BCUT2D eigenvalue weighted by molar-refractivity contribution is 5.75. The van der Waals surface area contributed by atoms with E-state index in [4.69, 9.17) is 14.2 Å². The molecule has 1 atom stereocenters. The first kappa shape index (κ1) is 17.1. The summed E-state index contributed by atoms with van der Waals surface area (Å²) in [4.78, 5) is 13.9. The maximum atomic E-state index is 12.2. The van der Waals surface area contributed by atoms with Gasteiger partial charge in [-0.1, -0.05) is 30.3 Å². The molecule has 2 aromatic rings. The molecule has 0 radical (unpaired) electrons. The zero-order valence-electron chi connectivity index (χ0n) is 14.4. The summed E-state index contributed by atoms with van der Waals surface area (Å²) in [5.41, 5.74) is 0. The van der Waals surface area contributed by atoms with Crippen molar-refractivity contribution in [1.82, 2.24) is 4.90 Å². The van der Waals surface area contributed by atoms with E-state index < -0.39 is 0 Å². The van der Waals surface area contributed by atoms with Gasteiger partial charge in [0.05, 0.1) is 13.2 Å². The molecule has 5 heteroatoms. The van der Waals surface area contributed by atoms with E-state index >= 15 is 0 Å². The van der Waals surface area contributed by atoms with Gasteiger partial charge in [-0.15, -0.1) is 0 Å². The molecular formula is C20H23NO4. The van der Waals surface area contributed by atoms with Gasteiger partial charge in [0.1, 0.15) is 12.4 Å². The minimum atomic E-state index is -0.149. The molecule has 0 N–H and O–H groups in total. The van der Waals surface area contributed by atoms with Crippen molar-refractivity contribution in [1.29, 1.82) is 0 Å². The molecule has 0 aromatic heterocycles. The maximum Gasteiger partial charge on any atom is 0.222 e. The summed E-state index contributed by atoms with van der Waals surface area (Å²) < 4.78 is 17.2. The molecule has 1 aliphatic heterocycles. The Kier molecular flexibility index (Phi) is 5.77. The number of ether oxygens (including phenoxy) is 3. The fraction of sp³-hybridized carbons (Fsp3) is 0.350. The van der Waals surface area contributed by atoms with Gasteiger partial charge < -0.3 is 19.1 Å². The minimum absolute atomic E-state index is 0.0825. The van der Waals surface area contributed by atoms with Crippen LogP contribution >= 0.6 is 0 Å². The van der Waals surface area contributed by atoms with Gasteiger partial charge in [-0.2, -0.15) is 0 Å². The molecular weight excluding hydrogens is 318 g/mol. The monoisotopic (exact) mass is 341 g/mol. The van der Waals surface area contributed by atoms with E-state index in [0.29, 0.717) is 32.6 Å². The Bertz CT molecular complexity index is 689. The molecule has 1 aliphatic rings. The fourth-order valence-electron chi connectivity index (χ4n) is 2.68. The predicted octanol–water partition coefficient (Wildman–Crippen LogP) is 3.14. The molecule has 0 spiro atoms. The normalized spacial score (nSPS) is 15.5. The molecule has 0 fully saturated rings. The van der Waals surface area contributed by atoms with E-state index in [1.165, 1.54) is 0 Å². The SMILES string of the molecule is CN(CC1COc2ccccc2O1)C(=O)CCCOc1ccccc1. The summed E-state index contributed by atoms with van der Waals surface area (Å²) >= 11 is 0. The van der Waals surface area contributed by atoms with Gasteiger partial charge in [0.2, 0.25) is 5.91 Å². The number of nitrogens with zero attached hydrogens (tertiary/aromatic N) is 1. The van der Waals surface area contributed by atoms with Crippen LogP contribution in [0.3, 0.4) is 0 Å². The number of rotatable bonds is 7. The molecule has 5 nitrogen and oxygen atoms in total. The number of carbonyl (C=O) groups excluding carboxylic acids is 1. The first-order valence-electron chi connectivity index (χ1n) is 8.52. The highest BCUT2D eigenvalue weighted by Crippen LogP contribution is 2.30. The van der Waals surface area contributed by atoms with Crippen molar-refractivity contribution in [3.05, 3.63) is 54.6 Å². The molecule has 1 unspecified atom stereocenters. The van der Waals surface area contributed by atoms with E-state index in [0.717, 1.165) is 17.2 Å². The summed E-state index contributed by atoms with van der Waals surface area (Å²) in [7, 11) is 1.80. The van der Waals surface area contributed by atoms with Crippen LogP contribution in [0.15, 0.2) is 54.6 Å². The zero-order chi connectivity index (χ0) is 17.5. The van der Waals surface area contributed by atoms with Crippen molar-refractivity contribution >= 4 is 5.91 Å². The van der Waals surface area contributed by atoms with E-state index in [9.17, 15) is 4.79 Å². The van der Waals surface area contributed by atoms with Gasteiger partial charge >= 0.3 is 0 Å². The van der Waals surface area contributed by atoms with Gasteiger partial charge in [-0.3, -0.25) is 4.79 Å². The summed E-state index contributed by atoms with van der Waals surface area (Å²) in [6.07, 6.45) is 0.987. The number of carbonyl (C=O) groups is 1. The average molecular weight is 341 g/mol. The first-order chi connectivity index (χ1) is 12.2. The lowest BCUT2D eigenvalue weighted by Crippen LogP contribution is -2.41. The number of benzene rings is 2. The lowest BCUT2D eigenvalue weighted by molar-refractivity contribution is -0.131. The minimum Gasteiger partial charge on any atom is -0.494 e. The molecule has 1 heterocycles. The van der Waals surface area contributed by atoms with Crippen LogP contribution in [0.1, 0.15) is 12.8 Å². The van der Waals surface area contributed by atoms with Crippen molar-refractivity contribution in [2.45, 2.75) is 18.9 Å². The summed E-state index contributed by atoms with van der Waals surface area (Å²) in [6, 6.07) is 17.2. The Hall–Kier alpha value is -2.69. The van der Waals surface area contributed by atoms with E-state index in [1.807, 2.05) is 54.6 Å². The Balaban J connectivity index is 1.38. The van der Waals surface area contributed by atoms with Gasteiger partial charge in [0.25, 0.3) is 0 Å². The van der Waals surface area contributed by atoms with Gasteiger partial charge in [0, 0.05) is 13.5 Å². The van der Waals surface area contributed by atoms with Crippen LogP contribution in [0.5, 0.6) is 17.2 Å². The van der Waals surface area contributed by atoms with Crippen molar-refractivity contribution < 1.29 is 19.0 Å². The third-order valence-corrected chi connectivity index (χ3v) is 4.02. The van der Waals surface area contributed by atoms with Gasteiger partial charge in [-0.25, -0.2) is 0 Å². The molecule has 0 saturated heterocycles. The van der Waals surface area contributed by atoms with Crippen molar-refractivity contribution in [3.8, 4) is 17.2 Å². The first-order valence-corrected chi connectivity index (χ1v) is 8.52.